The molecule has 0 radical (unpaired) electrons. The molecule has 3 N–H and O–H groups in total. The summed E-state index contributed by atoms with van der Waals surface area (Å²) < 4.78 is 0. The number of rotatable bonds is 22. The zero-order chi connectivity index (χ0) is 24.3. The molecule has 0 saturated heterocycles. The van der Waals surface area contributed by atoms with Gasteiger partial charge in [-0.3, -0.25) is 4.79 Å². The SMILES string of the molecule is CCCCCCCCCCCCCCCCCCCCCC(=O)O.O=C(O)/C=C\C(=O)O. The van der Waals surface area contributed by atoms with Gasteiger partial charge in [-0.05, 0) is 6.42 Å². The lowest BCUT2D eigenvalue weighted by atomic mass is 10.0. The molecule has 0 rings (SSSR count). The van der Waals surface area contributed by atoms with Crippen LogP contribution in [0.3, 0.4) is 0 Å². The van der Waals surface area contributed by atoms with Crippen molar-refractivity contribution in [1.82, 2.24) is 0 Å². The van der Waals surface area contributed by atoms with Gasteiger partial charge in [0.2, 0.25) is 0 Å². The standard InChI is InChI=1S/C22H44O2.C4H4O4/c1-2-3-4-5-6-7-8-9-10-11-12-13-14-15-16-17-18-19-20-21-22(23)24;5-3(6)1-2-4(7)8/h2-21H2,1H3,(H,23,24);1-2H,(H,5,6)(H,7,8)/b;2-1-. The monoisotopic (exact) mass is 456 g/mol. The van der Waals surface area contributed by atoms with Crippen molar-refractivity contribution in [2.24, 2.45) is 0 Å². The molecule has 0 bridgehead atoms. The van der Waals surface area contributed by atoms with Crippen molar-refractivity contribution < 1.29 is 29.7 Å². The molecular formula is C26H48O6. The second-order valence-corrected chi connectivity index (χ2v) is 8.52. The van der Waals surface area contributed by atoms with E-state index in [4.69, 9.17) is 15.3 Å². The van der Waals surface area contributed by atoms with Gasteiger partial charge < -0.3 is 15.3 Å². The highest BCUT2D eigenvalue weighted by Crippen LogP contribution is 2.14. The molecule has 0 amide bonds. The lowest BCUT2D eigenvalue weighted by Crippen LogP contribution is -1.93. The largest absolute Gasteiger partial charge is 0.481 e. The molecule has 0 heterocycles. The van der Waals surface area contributed by atoms with Crippen LogP contribution >= 0.6 is 0 Å². The number of carboxylic acids is 3. The molecule has 32 heavy (non-hydrogen) atoms. The zero-order valence-corrected chi connectivity index (χ0v) is 20.4. The Labute approximate surface area is 195 Å². The highest BCUT2D eigenvalue weighted by atomic mass is 16.4. The average Bonchev–Trinajstić information content (AvgIpc) is 2.74. The maximum atomic E-state index is 10.4. The second kappa shape index (κ2) is 27.2. The minimum Gasteiger partial charge on any atom is -0.481 e. The molecule has 0 aliphatic rings. The van der Waals surface area contributed by atoms with E-state index in [1.54, 1.807) is 0 Å². The summed E-state index contributed by atoms with van der Waals surface area (Å²) >= 11 is 0. The predicted octanol–water partition coefficient (Wildman–Crippen LogP) is 7.60. The van der Waals surface area contributed by atoms with Crippen molar-refractivity contribution in [3.8, 4) is 0 Å². The summed E-state index contributed by atoms with van der Waals surface area (Å²) in [6.07, 6.45) is 27.2. The summed E-state index contributed by atoms with van der Waals surface area (Å²) in [6, 6.07) is 0. The summed E-state index contributed by atoms with van der Waals surface area (Å²) in [5, 5.41) is 24.2. The van der Waals surface area contributed by atoms with Crippen LogP contribution in [0.15, 0.2) is 12.2 Å². The lowest BCUT2D eigenvalue weighted by molar-refractivity contribution is -0.137. The minimum atomic E-state index is -1.26. The van der Waals surface area contributed by atoms with Crippen molar-refractivity contribution in [2.75, 3.05) is 0 Å². The number of hydrogen-bond acceptors (Lipinski definition) is 3. The molecule has 0 aliphatic heterocycles. The normalized spacial score (nSPS) is 10.7. The van der Waals surface area contributed by atoms with E-state index in [0.29, 0.717) is 18.6 Å². The first-order valence-electron chi connectivity index (χ1n) is 12.8. The molecule has 0 aromatic carbocycles. The molecule has 0 aromatic rings. The van der Waals surface area contributed by atoms with Gasteiger partial charge in [0.15, 0.2) is 0 Å². The van der Waals surface area contributed by atoms with Gasteiger partial charge in [0, 0.05) is 18.6 Å². The molecule has 0 saturated carbocycles. The van der Waals surface area contributed by atoms with E-state index in [1.807, 2.05) is 0 Å². The Balaban J connectivity index is 0. The third kappa shape index (κ3) is 35.6. The summed E-state index contributed by atoms with van der Waals surface area (Å²) in [5.74, 6) is -3.17. The molecule has 0 spiro atoms. The maximum absolute atomic E-state index is 10.4. The number of aliphatic carboxylic acids is 3. The Kier molecular flexibility index (Phi) is 27.5. The van der Waals surface area contributed by atoms with E-state index in [-0.39, 0.29) is 0 Å². The van der Waals surface area contributed by atoms with Gasteiger partial charge in [0.05, 0.1) is 0 Å². The van der Waals surface area contributed by atoms with Crippen molar-refractivity contribution in [2.45, 2.75) is 135 Å². The summed E-state index contributed by atoms with van der Waals surface area (Å²) in [7, 11) is 0. The smallest absolute Gasteiger partial charge is 0.328 e. The number of unbranched alkanes of at least 4 members (excludes halogenated alkanes) is 18. The highest BCUT2D eigenvalue weighted by Gasteiger charge is 1.97. The third-order valence-electron chi connectivity index (χ3n) is 5.36. The van der Waals surface area contributed by atoms with E-state index in [1.165, 1.54) is 109 Å². The fourth-order valence-electron chi connectivity index (χ4n) is 3.50. The fraction of sp³-hybridized carbons (Fsp3) is 0.808. The molecule has 0 fully saturated rings. The van der Waals surface area contributed by atoms with Gasteiger partial charge in [-0.15, -0.1) is 0 Å². The summed E-state index contributed by atoms with van der Waals surface area (Å²) in [6.45, 7) is 2.28. The fourth-order valence-corrected chi connectivity index (χ4v) is 3.50. The Bertz CT molecular complexity index is 457. The van der Waals surface area contributed by atoms with Gasteiger partial charge in [-0.1, -0.05) is 122 Å². The lowest BCUT2D eigenvalue weighted by Gasteiger charge is -2.03. The quantitative estimate of drug-likeness (QED) is 0.114. The molecule has 6 nitrogen and oxygen atoms in total. The highest BCUT2D eigenvalue weighted by molar-refractivity contribution is 5.89. The summed E-state index contributed by atoms with van der Waals surface area (Å²) in [4.78, 5) is 29.5. The van der Waals surface area contributed by atoms with Crippen LogP contribution in [0.1, 0.15) is 135 Å². The molecule has 6 heteroatoms. The molecule has 0 atom stereocenters. The van der Waals surface area contributed by atoms with Crippen LogP contribution in [0, 0.1) is 0 Å². The van der Waals surface area contributed by atoms with Crippen LogP contribution in [-0.2, 0) is 14.4 Å². The van der Waals surface area contributed by atoms with E-state index < -0.39 is 17.9 Å². The van der Waals surface area contributed by atoms with E-state index in [2.05, 4.69) is 6.92 Å². The van der Waals surface area contributed by atoms with Crippen LogP contribution in [0.4, 0.5) is 0 Å². The maximum Gasteiger partial charge on any atom is 0.328 e. The Morgan fingerprint density at radius 1 is 0.469 bits per heavy atom. The first-order valence-corrected chi connectivity index (χ1v) is 12.8. The van der Waals surface area contributed by atoms with Crippen LogP contribution in [0.25, 0.3) is 0 Å². The van der Waals surface area contributed by atoms with E-state index >= 15 is 0 Å². The van der Waals surface area contributed by atoms with Gasteiger partial charge in [-0.25, -0.2) is 9.59 Å². The Morgan fingerprint density at radius 2 is 0.719 bits per heavy atom. The molecule has 0 aromatic heterocycles. The third-order valence-corrected chi connectivity index (χ3v) is 5.36. The van der Waals surface area contributed by atoms with Crippen LogP contribution < -0.4 is 0 Å². The molecular weight excluding hydrogens is 408 g/mol. The predicted molar refractivity (Wildman–Crippen MR) is 130 cm³/mol. The number of carbonyl (C=O) groups is 3. The van der Waals surface area contributed by atoms with Crippen molar-refractivity contribution in [1.29, 1.82) is 0 Å². The minimum absolute atomic E-state index is 0.346. The first-order chi connectivity index (χ1) is 15.4. The topological polar surface area (TPSA) is 112 Å². The van der Waals surface area contributed by atoms with Crippen molar-refractivity contribution in [3.05, 3.63) is 12.2 Å². The Hall–Kier alpha value is -1.85. The zero-order valence-electron chi connectivity index (χ0n) is 20.4. The van der Waals surface area contributed by atoms with Gasteiger partial charge >= 0.3 is 17.9 Å². The van der Waals surface area contributed by atoms with Gasteiger partial charge in [0.1, 0.15) is 0 Å². The molecule has 0 aliphatic carbocycles. The van der Waals surface area contributed by atoms with Crippen LogP contribution in [0.2, 0.25) is 0 Å². The molecule has 0 unspecified atom stereocenters. The van der Waals surface area contributed by atoms with Gasteiger partial charge in [0.25, 0.3) is 0 Å². The van der Waals surface area contributed by atoms with Crippen molar-refractivity contribution in [3.63, 3.8) is 0 Å². The van der Waals surface area contributed by atoms with Gasteiger partial charge in [-0.2, -0.15) is 0 Å². The van der Waals surface area contributed by atoms with Crippen molar-refractivity contribution >= 4 is 17.9 Å². The van der Waals surface area contributed by atoms with E-state index in [0.717, 1.165) is 12.8 Å². The van der Waals surface area contributed by atoms with Crippen LogP contribution in [-0.4, -0.2) is 33.2 Å². The Morgan fingerprint density at radius 3 is 0.938 bits per heavy atom. The average molecular weight is 457 g/mol. The van der Waals surface area contributed by atoms with E-state index in [9.17, 15) is 14.4 Å². The number of hydrogen-bond donors (Lipinski definition) is 3. The van der Waals surface area contributed by atoms with Crippen LogP contribution in [0.5, 0.6) is 0 Å². The number of carboxylic acid groups (broad SMARTS) is 3. The molecule has 188 valence electrons. The second-order valence-electron chi connectivity index (χ2n) is 8.52. The first kappa shape index (κ1) is 32.3. The summed E-state index contributed by atoms with van der Waals surface area (Å²) in [5.41, 5.74) is 0.